The first-order valence-corrected chi connectivity index (χ1v) is 7.61. The molecule has 2 aromatic carbocycles. The van der Waals surface area contributed by atoms with Crippen molar-refractivity contribution in [1.82, 2.24) is 0 Å². The van der Waals surface area contributed by atoms with Gasteiger partial charge in [0.2, 0.25) is 0 Å². The minimum atomic E-state index is -2.83. The molecule has 0 aliphatic carbocycles. The quantitative estimate of drug-likeness (QED) is 0.756. The first-order valence-electron chi connectivity index (χ1n) is 7.20. The maximum absolute atomic E-state index is 12.2. The number of thiocarbonyl (C=S) groups is 1. The summed E-state index contributed by atoms with van der Waals surface area (Å²) in [5, 5.41) is 6.56. The van der Waals surface area contributed by atoms with E-state index in [9.17, 15) is 8.78 Å². The Bertz CT molecular complexity index is 675. The lowest BCUT2D eigenvalue weighted by Crippen LogP contribution is -2.19. The maximum atomic E-state index is 12.2. The third-order valence-corrected chi connectivity index (χ3v) is 3.50. The summed E-state index contributed by atoms with van der Waals surface area (Å²) >= 11 is 5.27. The molecule has 0 radical (unpaired) electrons. The smallest absolute Gasteiger partial charge is 0.387 e. The molecule has 0 amide bonds. The Morgan fingerprint density at radius 2 is 1.83 bits per heavy atom. The van der Waals surface area contributed by atoms with E-state index in [0.29, 0.717) is 5.11 Å². The number of rotatable bonds is 5. The fraction of sp³-hybridized carbons (Fsp3) is 0.235. The summed E-state index contributed by atoms with van der Waals surface area (Å²) < 4.78 is 28.7. The topological polar surface area (TPSA) is 33.3 Å². The molecule has 0 aliphatic rings. The van der Waals surface area contributed by atoms with Crippen molar-refractivity contribution in [3.05, 3.63) is 53.6 Å². The Balaban J connectivity index is 1.99. The lowest BCUT2D eigenvalue weighted by atomic mass is 10.1. The molecule has 0 atom stereocenters. The Labute approximate surface area is 139 Å². The zero-order valence-corrected chi connectivity index (χ0v) is 13.7. The standard InChI is InChI=1S/C17H18F2N2OS/c1-3-12-4-6-13(7-5-12)20-17(23)21-15-9-8-14(10-11(15)2)22-16(18)19/h4-10,16H,3H2,1-2H3,(H2,20,21,23). The van der Waals surface area contributed by atoms with Gasteiger partial charge in [-0.3, -0.25) is 0 Å². The van der Waals surface area contributed by atoms with E-state index in [0.717, 1.165) is 23.4 Å². The van der Waals surface area contributed by atoms with Crippen LogP contribution < -0.4 is 15.4 Å². The van der Waals surface area contributed by atoms with Gasteiger partial charge in [-0.05, 0) is 67.0 Å². The van der Waals surface area contributed by atoms with Crippen LogP contribution in [0.2, 0.25) is 0 Å². The molecule has 6 heteroatoms. The molecule has 0 aliphatic heterocycles. The van der Waals surface area contributed by atoms with E-state index in [-0.39, 0.29) is 5.75 Å². The van der Waals surface area contributed by atoms with Gasteiger partial charge in [-0.25, -0.2) is 0 Å². The largest absolute Gasteiger partial charge is 0.435 e. The highest BCUT2D eigenvalue weighted by Crippen LogP contribution is 2.23. The highest BCUT2D eigenvalue weighted by atomic mass is 32.1. The van der Waals surface area contributed by atoms with E-state index >= 15 is 0 Å². The van der Waals surface area contributed by atoms with E-state index < -0.39 is 6.61 Å². The summed E-state index contributed by atoms with van der Waals surface area (Å²) in [6.07, 6.45) is 0.981. The second kappa shape index (κ2) is 7.87. The molecule has 0 saturated heterocycles. The monoisotopic (exact) mass is 336 g/mol. The number of benzene rings is 2. The van der Waals surface area contributed by atoms with Gasteiger partial charge in [0.15, 0.2) is 5.11 Å². The number of anilines is 2. The Kier molecular flexibility index (Phi) is 5.87. The predicted molar refractivity (Wildman–Crippen MR) is 93.5 cm³/mol. The molecule has 0 bridgehead atoms. The molecule has 2 N–H and O–H groups in total. The van der Waals surface area contributed by atoms with Crippen molar-refractivity contribution in [3.8, 4) is 5.75 Å². The van der Waals surface area contributed by atoms with Crippen molar-refractivity contribution >= 4 is 28.7 Å². The SMILES string of the molecule is CCc1ccc(NC(=S)Nc2ccc(OC(F)F)cc2C)cc1. The Hall–Kier alpha value is -2.21. The number of hydrogen-bond acceptors (Lipinski definition) is 2. The first-order chi connectivity index (χ1) is 11.0. The molecular weight excluding hydrogens is 318 g/mol. The van der Waals surface area contributed by atoms with Crippen LogP contribution in [0, 0.1) is 6.92 Å². The highest BCUT2D eigenvalue weighted by molar-refractivity contribution is 7.80. The number of hydrogen-bond donors (Lipinski definition) is 2. The van der Waals surface area contributed by atoms with E-state index in [4.69, 9.17) is 12.2 Å². The summed E-state index contributed by atoms with van der Waals surface area (Å²) in [4.78, 5) is 0. The summed E-state index contributed by atoms with van der Waals surface area (Å²) in [5.74, 6) is 0.122. The molecule has 0 spiro atoms. The van der Waals surface area contributed by atoms with Gasteiger partial charge < -0.3 is 15.4 Å². The van der Waals surface area contributed by atoms with E-state index in [1.54, 1.807) is 13.0 Å². The molecule has 0 heterocycles. The van der Waals surface area contributed by atoms with E-state index in [1.165, 1.54) is 17.7 Å². The van der Waals surface area contributed by atoms with E-state index in [2.05, 4.69) is 22.3 Å². The van der Waals surface area contributed by atoms with Gasteiger partial charge in [-0.2, -0.15) is 8.78 Å². The summed E-state index contributed by atoms with van der Waals surface area (Å²) in [6.45, 7) is 1.06. The van der Waals surface area contributed by atoms with Crippen LogP contribution in [0.1, 0.15) is 18.1 Å². The predicted octanol–water partition coefficient (Wildman–Crippen LogP) is 4.97. The van der Waals surface area contributed by atoms with Crippen LogP contribution in [0.3, 0.4) is 0 Å². The normalized spacial score (nSPS) is 10.5. The van der Waals surface area contributed by atoms with Gasteiger partial charge >= 0.3 is 6.61 Å². The number of nitrogens with one attached hydrogen (secondary N) is 2. The minimum Gasteiger partial charge on any atom is -0.435 e. The van der Waals surface area contributed by atoms with E-state index in [1.807, 2.05) is 24.3 Å². The fourth-order valence-corrected chi connectivity index (χ4v) is 2.29. The molecule has 0 saturated carbocycles. The van der Waals surface area contributed by atoms with Gasteiger partial charge in [-0.1, -0.05) is 19.1 Å². The van der Waals surface area contributed by atoms with Crippen LogP contribution in [0.5, 0.6) is 5.75 Å². The maximum Gasteiger partial charge on any atom is 0.387 e. The van der Waals surface area contributed by atoms with Crippen molar-refractivity contribution in [3.63, 3.8) is 0 Å². The van der Waals surface area contributed by atoms with Crippen LogP contribution in [-0.2, 0) is 6.42 Å². The van der Waals surface area contributed by atoms with Crippen LogP contribution >= 0.6 is 12.2 Å². The number of ether oxygens (including phenoxy) is 1. The van der Waals surface area contributed by atoms with Crippen molar-refractivity contribution in [2.75, 3.05) is 10.6 Å². The summed E-state index contributed by atoms with van der Waals surface area (Å²) in [5.41, 5.74) is 3.62. The fourth-order valence-electron chi connectivity index (χ4n) is 2.06. The molecule has 2 rings (SSSR count). The van der Waals surface area contributed by atoms with Crippen molar-refractivity contribution < 1.29 is 13.5 Å². The molecular formula is C17H18F2N2OS. The van der Waals surface area contributed by atoms with Gasteiger partial charge in [-0.15, -0.1) is 0 Å². The molecule has 2 aromatic rings. The lowest BCUT2D eigenvalue weighted by molar-refractivity contribution is -0.0498. The second-order valence-electron chi connectivity index (χ2n) is 4.98. The number of aryl methyl sites for hydroxylation is 2. The molecule has 23 heavy (non-hydrogen) atoms. The summed E-state index contributed by atoms with van der Waals surface area (Å²) in [6, 6.07) is 12.6. The first kappa shape index (κ1) is 17.1. The molecule has 122 valence electrons. The third-order valence-electron chi connectivity index (χ3n) is 3.29. The van der Waals surface area contributed by atoms with Crippen LogP contribution in [0.4, 0.5) is 20.2 Å². The third kappa shape index (κ3) is 5.17. The number of alkyl halides is 2. The average molecular weight is 336 g/mol. The zero-order valence-electron chi connectivity index (χ0n) is 12.9. The van der Waals surface area contributed by atoms with Crippen molar-refractivity contribution in [2.45, 2.75) is 26.9 Å². The van der Waals surface area contributed by atoms with Gasteiger partial charge in [0.05, 0.1) is 0 Å². The summed E-state index contributed by atoms with van der Waals surface area (Å²) in [7, 11) is 0. The van der Waals surface area contributed by atoms with Crippen LogP contribution in [0.25, 0.3) is 0 Å². The molecule has 0 fully saturated rings. The van der Waals surface area contributed by atoms with Crippen LogP contribution in [-0.4, -0.2) is 11.7 Å². The van der Waals surface area contributed by atoms with Crippen LogP contribution in [0.15, 0.2) is 42.5 Å². The highest BCUT2D eigenvalue weighted by Gasteiger charge is 2.07. The number of halogens is 2. The Morgan fingerprint density at radius 3 is 2.39 bits per heavy atom. The van der Waals surface area contributed by atoms with Gasteiger partial charge in [0, 0.05) is 11.4 Å². The van der Waals surface area contributed by atoms with Gasteiger partial charge in [0.1, 0.15) is 5.75 Å². The lowest BCUT2D eigenvalue weighted by Gasteiger charge is -2.14. The van der Waals surface area contributed by atoms with Gasteiger partial charge in [0.25, 0.3) is 0 Å². The van der Waals surface area contributed by atoms with Crippen molar-refractivity contribution in [1.29, 1.82) is 0 Å². The molecule has 0 aromatic heterocycles. The molecule has 3 nitrogen and oxygen atoms in total. The second-order valence-corrected chi connectivity index (χ2v) is 5.39. The average Bonchev–Trinajstić information content (AvgIpc) is 2.50. The minimum absolute atomic E-state index is 0.122. The van der Waals surface area contributed by atoms with Crippen molar-refractivity contribution in [2.24, 2.45) is 0 Å². The zero-order chi connectivity index (χ0) is 16.8. The Morgan fingerprint density at radius 1 is 1.13 bits per heavy atom. The molecule has 0 unspecified atom stereocenters.